The number of pyridine rings is 1. The fourth-order valence-electron chi connectivity index (χ4n) is 2.71. The van der Waals surface area contributed by atoms with Gasteiger partial charge in [-0.3, -0.25) is 9.78 Å². The minimum Gasteiger partial charge on any atom is -0.352 e. The summed E-state index contributed by atoms with van der Waals surface area (Å²) in [5.41, 5.74) is 5.12. The van der Waals surface area contributed by atoms with Gasteiger partial charge in [-0.1, -0.05) is 60.2 Å². The Morgan fingerprint density at radius 1 is 0.960 bits per heavy atom. The van der Waals surface area contributed by atoms with Crippen LogP contribution >= 0.6 is 0 Å². The van der Waals surface area contributed by atoms with E-state index in [0.717, 1.165) is 24.0 Å². The lowest BCUT2D eigenvalue weighted by atomic mass is 10.0. The molecule has 1 aromatic heterocycles. The number of benzene rings is 2. The van der Waals surface area contributed by atoms with Crippen LogP contribution in [0.5, 0.6) is 0 Å². The number of aryl methyl sites for hydroxylation is 2. The van der Waals surface area contributed by atoms with Gasteiger partial charge in [0.2, 0.25) is 0 Å². The molecule has 0 fully saturated rings. The van der Waals surface area contributed by atoms with Gasteiger partial charge in [0.15, 0.2) is 0 Å². The van der Waals surface area contributed by atoms with Crippen molar-refractivity contribution in [1.29, 1.82) is 0 Å². The molecule has 1 amide bonds. The van der Waals surface area contributed by atoms with Crippen molar-refractivity contribution in [2.24, 2.45) is 0 Å². The van der Waals surface area contributed by atoms with Crippen LogP contribution in [-0.4, -0.2) is 17.4 Å². The molecule has 0 atom stereocenters. The van der Waals surface area contributed by atoms with Crippen LogP contribution in [0.15, 0.2) is 73.1 Å². The molecule has 1 N–H and O–H groups in total. The van der Waals surface area contributed by atoms with Crippen molar-refractivity contribution in [3.63, 3.8) is 0 Å². The molecule has 126 valence electrons. The molecule has 3 rings (SSSR count). The molecule has 3 nitrogen and oxygen atoms in total. The first-order valence-corrected chi connectivity index (χ1v) is 8.56. The Bertz CT molecular complexity index is 826. The van der Waals surface area contributed by atoms with Gasteiger partial charge in [0.05, 0.1) is 5.56 Å². The smallest absolute Gasteiger partial charge is 0.252 e. The van der Waals surface area contributed by atoms with Gasteiger partial charge in [0, 0.05) is 24.5 Å². The molecule has 0 bridgehead atoms. The van der Waals surface area contributed by atoms with E-state index in [-0.39, 0.29) is 5.91 Å². The van der Waals surface area contributed by atoms with Crippen LogP contribution in [0.25, 0.3) is 11.1 Å². The summed E-state index contributed by atoms with van der Waals surface area (Å²) in [6.45, 7) is 2.71. The highest BCUT2D eigenvalue weighted by Gasteiger charge is 2.07. The third-order valence-corrected chi connectivity index (χ3v) is 4.16. The van der Waals surface area contributed by atoms with E-state index in [1.54, 1.807) is 12.4 Å². The van der Waals surface area contributed by atoms with Crippen LogP contribution in [0.3, 0.4) is 0 Å². The highest BCUT2D eigenvalue weighted by atomic mass is 16.1. The maximum Gasteiger partial charge on any atom is 0.252 e. The number of carbonyl (C=O) groups excluding carboxylic acids is 1. The number of nitrogens with zero attached hydrogens (tertiary/aromatic N) is 1. The largest absolute Gasteiger partial charge is 0.352 e. The lowest BCUT2D eigenvalue weighted by Crippen LogP contribution is -2.24. The average molecular weight is 330 g/mol. The van der Waals surface area contributed by atoms with Crippen LogP contribution in [0.2, 0.25) is 0 Å². The normalized spacial score (nSPS) is 10.4. The van der Waals surface area contributed by atoms with Crippen molar-refractivity contribution in [1.82, 2.24) is 10.3 Å². The second-order valence-electron chi connectivity index (χ2n) is 6.17. The highest BCUT2D eigenvalue weighted by Crippen LogP contribution is 2.19. The Hall–Kier alpha value is -2.94. The molecule has 25 heavy (non-hydrogen) atoms. The van der Waals surface area contributed by atoms with Crippen molar-refractivity contribution >= 4 is 5.91 Å². The number of aromatic nitrogens is 1. The molecule has 0 aliphatic heterocycles. The third kappa shape index (κ3) is 4.77. The van der Waals surface area contributed by atoms with Gasteiger partial charge < -0.3 is 5.32 Å². The summed E-state index contributed by atoms with van der Waals surface area (Å²) >= 11 is 0. The van der Waals surface area contributed by atoms with E-state index in [2.05, 4.69) is 41.5 Å². The van der Waals surface area contributed by atoms with Crippen molar-refractivity contribution < 1.29 is 4.79 Å². The molecule has 0 saturated heterocycles. The van der Waals surface area contributed by atoms with Gasteiger partial charge in [-0.15, -0.1) is 0 Å². The Morgan fingerprint density at radius 2 is 1.72 bits per heavy atom. The molecular formula is C22H22N2O. The fourth-order valence-corrected chi connectivity index (χ4v) is 2.71. The standard InChI is InChI=1S/C22H22N2O/c1-17-9-11-19(12-10-17)20-14-21(16-23-15-20)22(25)24-13-5-8-18-6-3-2-4-7-18/h2-4,6-7,9-12,14-16H,5,8,13H2,1H3,(H,24,25). The first-order valence-electron chi connectivity index (χ1n) is 8.56. The Morgan fingerprint density at radius 3 is 2.48 bits per heavy atom. The van der Waals surface area contributed by atoms with Gasteiger partial charge in [-0.05, 0) is 37.0 Å². The zero-order chi connectivity index (χ0) is 17.5. The lowest BCUT2D eigenvalue weighted by molar-refractivity contribution is 0.0953. The van der Waals surface area contributed by atoms with Crippen LogP contribution < -0.4 is 5.32 Å². The maximum absolute atomic E-state index is 12.3. The molecule has 0 aliphatic carbocycles. The molecule has 3 heteroatoms. The molecule has 0 aliphatic rings. The van der Waals surface area contributed by atoms with E-state index in [1.807, 2.05) is 36.4 Å². The second-order valence-corrected chi connectivity index (χ2v) is 6.17. The number of carbonyl (C=O) groups is 1. The molecule has 2 aromatic carbocycles. The molecule has 0 saturated carbocycles. The fraction of sp³-hybridized carbons (Fsp3) is 0.182. The summed E-state index contributed by atoms with van der Waals surface area (Å²) in [5, 5.41) is 2.98. The van der Waals surface area contributed by atoms with E-state index in [4.69, 9.17) is 0 Å². The SMILES string of the molecule is Cc1ccc(-c2cncc(C(=O)NCCCc3ccccc3)c2)cc1. The van der Waals surface area contributed by atoms with Gasteiger partial charge in [0.25, 0.3) is 5.91 Å². The van der Waals surface area contributed by atoms with Crippen molar-refractivity contribution in [3.8, 4) is 11.1 Å². The van der Waals surface area contributed by atoms with Crippen molar-refractivity contribution in [2.75, 3.05) is 6.54 Å². The predicted molar refractivity (Wildman–Crippen MR) is 102 cm³/mol. The van der Waals surface area contributed by atoms with E-state index in [1.165, 1.54) is 11.1 Å². The topological polar surface area (TPSA) is 42.0 Å². The Kier molecular flexibility index (Phi) is 5.57. The van der Waals surface area contributed by atoms with Crippen molar-refractivity contribution in [3.05, 3.63) is 89.7 Å². The number of hydrogen-bond acceptors (Lipinski definition) is 2. The van der Waals surface area contributed by atoms with Crippen LogP contribution in [-0.2, 0) is 6.42 Å². The van der Waals surface area contributed by atoms with Gasteiger partial charge >= 0.3 is 0 Å². The van der Waals surface area contributed by atoms with E-state index in [0.29, 0.717) is 12.1 Å². The predicted octanol–water partition coefficient (Wildman–Crippen LogP) is 4.42. The summed E-state index contributed by atoms with van der Waals surface area (Å²) in [4.78, 5) is 16.6. The first kappa shape index (κ1) is 16.9. The van der Waals surface area contributed by atoms with Gasteiger partial charge in [-0.2, -0.15) is 0 Å². The van der Waals surface area contributed by atoms with Gasteiger partial charge in [-0.25, -0.2) is 0 Å². The minimum atomic E-state index is -0.0745. The van der Waals surface area contributed by atoms with Crippen LogP contribution in [0, 0.1) is 6.92 Å². The van der Waals surface area contributed by atoms with E-state index < -0.39 is 0 Å². The second kappa shape index (κ2) is 8.25. The zero-order valence-electron chi connectivity index (χ0n) is 14.4. The quantitative estimate of drug-likeness (QED) is 0.680. The van der Waals surface area contributed by atoms with Crippen LogP contribution in [0.4, 0.5) is 0 Å². The van der Waals surface area contributed by atoms with Crippen LogP contribution in [0.1, 0.15) is 27.9 Å². The molecule has 0 spiro atoms. The van der Waals surface area contributed by atoms with Gasteiger partial charge in [0.1, 0.15) is 0 Å². The minimum absolute atomic E-state index is 0.0745. The average Bonchev–Trinajstić information content (AvgIpc) is 2.66. The third-order valence-electron chi connectivity index (χ3n) is 4.16. The van der Waals surface area contributed by atoms with Crippen molar-refractivity contribution in [2.45, 2.75) is 19.8 Å². The number of rotatable bonds is 6. The summed E-state index contributed by atoms with van der Waals surface area (Å²) in [6, 6.07) is 20.4. The molecular weight excluding hydrogens is 308 g/mol. The molecule has 0 unspecified atom stereocenters. The van der Waals surface area contributed by atoms with E-state index >= 15 is 0 Å². The number of hydrogen-bond donors (Lipinski definition) is 1. The lowest BCUT2D eigenvalue weighted by Gasteiger charge is -2.07. The summed E-state index contributed by atoms with van der Waals surface area (Å²) in [6.07, 6.45) is 5.28. The maximum atomic E-state index is 12.3. The zero-order valence-corrected chi connectivity index (χ0v) is 14.4. The monoisotopic (exact) mass is 330 g/mol. The Labute approximate surface area is 148 Å². The molecule has 0 radical (unpaired) electrons. The summed E-state index contributed by atoms with van der Waals surface area (Å²) in [7, 11) is 0. The molecule has 3 aromatic rings. The summed E-state index contributed by atoms with van der Waals surface area (Å²) in [5.74, 6) is -0.0745. The first-order chi connectivity index (χ1) is 12.2. The number of nitrogens with one attached hydrogen (secondary N) is 1. The number of amides is 1. The highest BCUT2D eigenvalue weighted by molar-refractivity contribution is 5.95. The van der Waals surface area contributed by atoms with E-state index in [9.17, 15) is 4.79 Å². The Balaban J connectivity index is 1.57. The summed E-state index contributed by atoms with van der Waals surface area (Å²) < 4.78 is 0. The molecule has 1 heterocycles.